The van der Waals surface area contributed by atoms with E-state index < -0.39 is 15.1 Å². The Bertz CT molecular complexity index is 1230. The molecule has 2 aromatic carbocycles. The van der Waals surface area contributed by atoms with Crippen molar-refractivity contribution in [2.24, 2.45) is 0 Å². The number of hydrogen-bond acceptors (Lipinski definition) is 6. The van der Waals surface area contributed by atoms with Gasteiger partial charge in [0.15, 0.2) is 20.8 Å². The number of amides is 1. The molecule has 1 amide bonds. The van der Waals surface area contributed by atoms with Gasteiger partial charge in [0.1, 0.15) is 0 Å². The maximum Gasteiger partial charge on any atom is 0.233 e. The van der Waals surface area contributed by atoms with E-state index in [1.165, 1.54) is 11.8 Å². The molecule has 0 bridgehead atoms. The molecular weight excluding hydrogens is 468 g/mol. The smallest absolute Gasteiger partial charge is 0.233 e. The lowest BCUT2D eigenvalue weighted by atomic mass is 10.2. The summed E-state index contributed by atoms with van der Waals surface area (Å²) < 4.78 is 25.3. The van der Waals surface area contributed by atoms with Crippen molar-refractivity contribution in [3.05, 3.63) is 59.1 Å². The van der Waals surface area contributed by atoms with Gasteiger partial charge in [-0.15, -0.1) is 10.2 Å². The van der Waals surface area contributed by atoms with Gasteiger partial charge in [-0.1, -0.05) is 41.1 Å². The highest BCUT2D eigenvalue weighted by Gasteiger charge is 2.30. The highest BCUT2D eigenvalue weighted by atomic mass is 35.5. The molecule has 3 aromatic rings. The molecule has 32 heavy (non-hydrogen) atoms. The monoisotopic (exact) mass is 490 g/mol. The molecule has 1 saturated heterocycles. The first-order valence-corrected chi connectivity index (χ1v) is 13.3. The Balaban J connectivity index is 1.61. The SMILES string of the molecule is Cc1ccc(-n2c(SC(C)C(=O)NC3CCS(=O)(=O)C3)nnc2-c2ccc(Cl)cc2)cc1. The minimum Gasteiger partial charge on any atom is -0.351 e. The van der Waals surface area contributed by atoms with Crippen LogP contribution in [0.1, 0.15) is 18.9 Å². The predicted molar refractivity (Wildman–Crippen MR) is 127 cm³/mol. The topological polar surface area (TPSA) is 94.0 Å². The van der Waals surface area contributed by atoms with E-state index in [1.807, 2.05) is 47.9 Å². The maximum atomic E-state index is 12.7. The number of aromatic nitrogens is 3. The summed E-state index contributed by atoms with van der Waals surface area (Å²) in [6, 6.07) is 15.0. The quantitative estimate of drug-likeness (QED) is 0.530. The zero-order valence-electron chi connectivity index (χ0n) is 17.7. The van der Waals surface area contributed by atoms with Crippen LogP contribution in [0.15, 0.2) is 53.7 Å². The molecule has 1 N–H and O–H groups in total. The van der Waals surface area contributed by atoms with Crippen LogP contribution in [0.2, 0.25) is 5.02 Å². The molecule has 1 fully saturated rings. The number of aryl methyl sites for hydroxylation is 1. The molecule has 2 heterocycles. The zero-order valence-corrected chi connectivity index (χ0v) is 20.0. The number of halogens is 1. The summed E-state index contributed by atoms with van der Waals surface area (Å²) in [5.74, 6) is 0.535. The second-order valence-electron chi connectivity index (χ2n) is 7.85. The lowest BCUT2D eigenvalue weighted by molar-refractivity contribution is -0.120. The summed E-state index contributed by atoms with van der Waals surface area (Å²) in [7, 11) is -3.06. The lowest BCUT2D eigenvalue weighted by Gasteiger charge is -2.16. The molecule has 7 nitrogen and oxygen atoms in total. The zero-order chi connectivity index (χ0) is 22.9. The molecule has 1 aromatic heterocycles. The second-order valence-corrected chi connectivity index (χ2v) is 11.8. The Morgan fingerprint density at radius 3 is 2.47 bits per heavy atom. The summed E-state index contributed by atoms with van der Waals surface area (Å²) in [5, 5.41) is 12.3. The first kappa shape index (κ1) is 22.8. The molecule has 1 aliphatic heterocycles. The van der Waals surface area contributed by atoms with Crippen molar-refractivity contribution in [3.63, 3.8) is 0 Å². The average Bonchev–Trinajstić information content (AvgIpc) is 3.31. The number of carbonyl (C=O) groups is 1. The minimum atomic E-state index is -3.06. The Morgan fingerprint density at radius 2 is 1.84 bits per heavy atom. The molecule has 168 valence electrons. The van der Waals surface area contributed by atoms with Crippen LogP contribution >= 0.6 is 23.4 Å². The molecule has 0 saturated carbocycles. The van der Waals surface area contributed by atoms with Gasteiger partial charge in [-0.05, 0) is 56.7 Å². The van der Waals surface area contributed by atoms with Gasteiger partial charge in [-0.2, -0.15) is 0 Å². The summed E-state index contributed by atoms with van der Waals surface area (Å²) in [4.78, 5) is 12.7. The highest BCUT2D eigenvalue weighted by molar-refractivity contribution is 8.00. The first-order valence-electron chi connectivity index (χ1n) is 10.2. The third-order valence-corrected chi connectivity index (χ3v) is 8.32. The molecule has 0 spiro atoms. The number of benzene rings is 2. The fourth-order valence-corrected chi connectivity index (χ4v) is 6.17. The van der Waals surface area contributed by atoms with Crippen LogP contribution in [-0.2, 0) is 14.6 Å². The van der Waals surface area contributed by atoms with E-state index in [0.29, 0.717) is 22.4 Å². The van der Waals surface area contributed by atoms with Gasteiger partial charge in [0, 0.05) is 22.3 Å². The summed E-state index contributed by atoms with van der Waals surface area (Å²) in [6.07, 6.45) is 0.450. The second kappa shape index (κ2) is 9.25. The van der Waals surface area contributed by atoms with E-state index in [4.69, 9.17) is 11.6 Å². The van der Waals surface area contributed by atoms with Crippen molar-refractivity contribution in [2.75, 3.05) is 11.5 Å². The fraction of sp³-hybridized carbons (Fsp3) is 0.318. The third kappa shape index (κ3) is 5.16. The van der Waals surface area contributed by atoms with E-state index in [1.54, 1.807) is 19.1 Å². The number of nitrogens with zero attached hydrogens (tertiary/aromatic N) is 3. The normalized spacial score (nSPS) is 18.4. The molecule has 0 aliphatic carbocycles. The van der Waals surface area contributed by atoms with Gasteiger partial charge in [0.05, 0.1) is 16.8 Å². The Hall–Kier alpha value is -2.36. The van der Waals surface area contributed by atoms with E-state index >= 15 is 0 Å². The summed E-state index contributed by atoms with van der Waals surface area (Å²) >= 11 is 7.32. The third-order valence-electron chi connectivity index (χ3n) is 5.26. The van der Waals surface area contributed by atoms with Crippen LogP contribution in [0, 0.1) is 6.92 Å². The number of nitrogens with one attached hydrogen (secondary N) is 1. The number of hydrogen-bond donors (Lipinski definition) is 1. The van der Waals surface area contributed by atoms with Crippen molar-refractivity contribution in [1.82, 2.24) is 20.1 Å². The molecule has 2 unspecified atom stereocenters. The van der Waals surface area contributed by atoms with Crippen LogP contribution in [0.25, 0.3) is 17.1 Å². The van der Waals surface area contributed by atoms with Crippen LogP contribution in [0.3, 0.4) is 0 Å². The Labute approximate surface area is 196 Å². The first-order chi connectivity index (χ1) is 15.2. The average molecular weight is 491 g/mol. The Kier molecular flexibility index (Phi) is 6.60. The fourth-order valence-electron chi connectivity index (χ4n) is 3.50. The van der Waals surface area contributed by atoms with Crippen molar-refractivity contribution in [1.29, 1.82) is 0 Å². The number of thioether (sulfide) groups is 1. The summed E-state index contributed by atoms with van der Waals surface area (Å²) in [5.41, 5.74) is 2.86. The standard InChI is InChI=1S/C22H23ClN4O3S2/c1-14-3-9-19(10-4-14)27-20(16-5-7-17(23)8-6-16)25-26-22(27)31-15(2)21(28)24-18-11-12-32(29,30)13-18/h3-10,15,18H,11-13H2,1-2H3,(H,24,28). The van der Waals surface area contributed by atoms with E-state index in [2.05, 4.69) is 15.5 Å². The van der Waals surface area contributed by atoms with Crippen molar-refractivity contribution >= 4 is 39.1 Å². The summed E-state index contributed by atoms with van der Waals surface area (Å²) in [6.45, 7) is 3.79. The number of sulfone groups is 1. The van der Waals surface area contributed by atoms with Gasteiger partial charge in [0.25, 0.3) is 0 Å². The van der Waals surface area contributed by atoms with Gasteiger partial charge < -0.3 is 5.32 Å². The van der Waals surface area contributed by atoms with Crippen LogP contribution < -0.4 is 5.32 Å². The molecule has 2 atom stereocenters. The molecule has 1 aliphatic rings. The van der Waals surface area contributed by atoms with Crippen LogP contribution in [-0.4, -0.2) is 51.9 Å². The van der Waals surface area contributed by atoms with Gasteiger partial charge in [-0.25, -0.2) is 8.42 Å². The van der Waals surface area contributed by atoms with E-state index in [0.717, 1.165) is 16.8 Å². The number of carbonyl (C=O) groups excluding carboxylic acids is 1. The van der Waals surface area contributed by atoms with Gasteiger partial charge in [-0.3, -0.25) is 9.36 Å². The van der Waals surface area contributed by atoms with Crippen molar-refractivity contribution in [2.45, 2.75) is 36.7 Å². The largest absolute Gasteiger partial charge is 0.351 e. The maximum absolute atomic E-state index is 12.7. The molecule has 0 radical (unpaired) electrons. The predicted octanol–water partition coefficient (Wildman–Crippen LogP) is 3.68. The molecule has 4 rings (SSSR count). The molecule has 10 heteroatoms. The lowest BCUT2D eigenvalue weighted by Crippen LogP contribution is -2.40. The van der Waals surface area contributed by atoms with Crippen molar-refractivity contribution in [3.8, 4) is 17.1 Å². The van der Waals surface area contributed by atoms with Crippen LogP contribution in [0.5, 0.6) is 0 Å². The van der Waals surface area contributed by atoms with Gasteiger partial charge >= 0.3 is 0 Å². The Morgan fingerprint density at radius 1 is 1.16 bits per heavy atom. The van der Waals surface area contributed by atoms with Crippen molar-refractivity contribution < 1.29 is 13.2 Å². The van der Waals surface area contributed by atoms with E-state index in [-0.39, 0.29) is 23.5 Å². The van der Waals surface area contributed by atoms with E-state index in [9.17, 15) is 13.2 Å². The van der Waals surface area contributed by atoms with Gasteiger partial charge in [0.2, 0.25) is 5.91 Å². The number of rotatable bonds is 6. The van der Waals surface area contributed by atoms with Crippen LogP contribution in [0.4, 0.5) is 0 Å². The highest BCUT2D eigenvalue weighted by Crippen LogP contribution is 2.31. The molecular formula is C22H23ClN4O3S2. The minimum absolute atomic E-state index is 0.00358.